The molecule has 104 valence electrons. The third kappa shape index (κ3) is 3.94. The van der Waals surface area contributed by atoms with Crippen LogP contribution < -0.4 is 4.74 Å². The second-order valence-electron chi connectivity index (χ2n) is 4.79. The number of carbonyl (C=O) groups is 1. The standard InChI is InChI=1S/C17H17BrO2/c1-13(11-18)12-20-16-9-7-15(8-10-16)17(19)14-5-3-2-4-6-14/h2-10,13H,11-12H2,1H3. The summed E-state index contributed by atoms with van der Waals surface area (Å²) < 4.78 is 5.66. The van der Waals surface area contributed by atoms with Crippen molar-refractivity contribution in [3.05, 3.63) is 65.7 Å². The van der Waals surface area contributed by atoms with Crippen LogP contribution in [0.4, 0.5) is 0 Å². The van der Waals surface area contributed by atoms with Crippen molar-refractivity contribution < 1.29 is 9.53 Å². The van der Waals surface area contributed by atoms with Crippen molar-refractivity contribution in [1.82, 2.24) is 0 Å². The lowest BCUT2D eigenvalue weighted by Crippen LogP contribution is -2.09. The quantitative estimate of drug-likeness (QED) is 0.581. The average Bonchev–Trinajstić information content (AvgIpc) is 2.53. The molecule has 0 radical (unpaired) electrons. The zero-order valence-electron chi connectivity index (χ0n) is 11.4. The van der Waals surface area contributed by atoms with Crippen molar-refractivity contribution in [3.8, 4) is 5.75 Å². The minimum absolute atomic E-state index is 0.0333. The predicted molar refractivity (Wildman–Crippen MR) is 84.8 cm³/mol. The van der Waals surface area contributed by atoms with Gasteiger partial charge in [-0.25, -0.2) is 0 Å². The van der Waals surface area contributed by atoms with Crippen LogP contribution in [-0.2, 0) is 0 Å². The Labute approximate surface area is 127 Å². The van der Waals surface area contributed by atoms with Crippen molar-refractivity contribution in [3.63, 3.8) is 0 Å². The van der Waals surface area contributed by atoms with E-state index in [0.29, 0.717) is 23.7 Å². The zero-order valence-corrected chi connectivity index (χ0v) is 13.0. The third-order valence-electron chi connectivity index (χ3n) is 2.95. The first-order valence-corrected chi connectivity index (χ1v) is 7.71. The van der Waals surface area contributed by atoms with Gasteiger partial charge in [0.1, 0.15) is 5.75 Å². The van der Waals surface area contributed by atoms with Gasteiger partial charge in [-0.05, 0) is 30.2 Å². The van der Waals surface area contributed by atoms with E-state index in [9.17, 15) is 4.79 Å². The summed E-state index contributed by atoms with van der Waals surface area (Å²) in [6, 6.07) is 16.6. The number of alkyl halides is 1. The summed E-state index contributed by atoms with van der Waals surface area (Å²) in [6.45, 7) is 2.78. The molecule has 2 nitrogen and oxygen atoms in total. The van der Waals surface area contributed by atoms with Gasteiger partial charge in [0.2, 0.25) is 0 Å². The number of carbonyl (C=O) groups excluding carboxylic acids is 1. The van der Waals surface area contributed by atoms with Crippen molar-refractivity contribution in [1.29, 1.82) is 0 Å². The first kappa shape index (κ1) is 14.8. The lowest BCUT2D eigenvalue weighted by Gasteiger charge is -2.10. The Morgan fingerprint density at radius 2 is 1.65 bits per heavy atom. The molecule has 0 saturated heterocycles. The molecule has 1 atom stereocenters. The van der Waals surface area contributed by atoms with E-state index in [2.05, 4.69) is 22.9 Å². The Morgan fingerprint density at radius 3 is 2.25 bits per heavy atom. The minimum atomic E-state index is 0.0333. The van der Waals surface area contributed by atoms with E-state index in [4.69, 9.17) is 4.74 Å². The maximum absolute atomic E-state index is 12.2. The van der Waals surface area contributed by atoms with Gasteiger partial charge in [0.25, 0.3) is 0 Å². The van der Waals surface area contributed by atoms with Crippen LogP contribution in [0.5, 0.6) is 5.75 Å². The zero-order chi connectivity index (χ0) is 14.4. The van der Waals surface area contributed by atoms with Gasteiger partial charge in [-0.2, -0.15) is 0 Å². The smallest absolute Gasteiger partial charge is 0.193 e. The van der Waals surface area contributed by atoms with Gasteiger partial charge in [0, 0.05) is 16.5 Å². The maximum atomic E-state index is 12.2. The van der Waals surface area contributed by atoms with Gasteiger partial charge in [-0.3, -0.25) is 4.79 Å². The Hall–Kier alpha value is -1.61. The summed E-state index contributed by atoms with van der Waals surface area (Å²) in [4.78, 5) is 12.2. The number of hydrogen-bond acceptors (Lipinski definition) is 2. The van der Waals surface area contributed by atoms with Crippen molar-refractivity contribution in [2.45, 2.75) is 6.92 Å². The number of ketones is 1. The number of ether oxygens (including phenoxy) is 1. The predicted octanol–water partition coefficient (Wildman–Crippen LogP) is 4.33. The molecule has 2 aromatic carbocycles. The van der Waals surface area contributed by atoms with Crippen molar-refractivity contribution in [2.24, 2.45) is 5.92 Å². The summed E-state index contributed by atoms with van der Waals surface area (Å²) in [7, 11) is 0. The molecule has 0 aromatic heterocycles. The van der Waals surface area contributed by atoms with Gasteiger partial charge < -0.3 is 4.74 Å². The van der Waals surface area contributed by atoms with Crippen LogP contribution in [0, 0.1) is 5.92 Å². The van der Waals surface area contributed by atoms with Crippen LogP contribution in [0.2, 0.25) is 0 Å². The van der Waals surface area contributed by atoms with E-state index >= 15 is 0 Å². The number of hydrogen-bond donors (Lipinski definition) is 0. The van der Waals surface area contributed by atoms with E-state index in [-0.39, 0.29) is 5.78 Å². The molecule has 0 saturated carbocycles. The molecular weight excluding hydrogens is 316 g/mol. The Kier molecular flexibility index (Phi) is 5.36. The molecule has 2 aromatic rings. The van der Waals surface area contributed by atoms with Gasteiger partial charge in [-0.1, -0.05) is 53.2 Å². The highest BCUT2D eigenvalue weighted by Crippen LogP contribution is 2.16. The molecular formula is C17H17BrO2. The van der Waals surface area contributed by atoms with Crippen LogP contribution >= 0.6 is 15.9 Å². The number of halogens is 1. The van der Waals surface area contributed by atoms with E-state index in [1.54, 1.807) is 0 Å². The molecule has 0 spiro atoms. The van der Waals surface area contributed by atoms with Crippen LogP contribution in [0.25, 0.3) is 0 Å². The largest absolute Gasteiger partial charge is 0.493 e. The third-order valence-corrected chi connectivity index (χ3v) is 4.06. The van der Waals surface area contributed by atoms with Crippen LogP contribution in [-0.4, -0.2) is 17.7 Å². The van der Waals surface area contributed by atoms with Gasteiger partial charge in [0.15, 0.2) is 5.78 Å². The number of benzene rings is 2. The van der Waals surface area contributed by atoms with E-state index < -0.39 is 0 Å². The summed E-state index contributed by atoms with van der Waals surface area (Å²) in [5.74, 6) is 1.29. The van der Waals surface area contributed by atoms with Gasteiger partial charge in [-0.15, -0.1) is 0 Å². The topological polar surface area (TPSA) is 26.3 Å². The summed E-state index contributed by atoms with van der Waals surface area (Å²) in [6.07, 6.45) is 0. The molecule has 20 heavy (non-hydrogen) atoms. The fourth-order valence-electron chi connectivity index (χ4n) is 1.74. The first-order valence-electron chi connectivity index (χ1n) is 6.59. The highest BCUT2D eigenvalue weighted by Gasteiger charge is 2.08. The second kappa shape index (κ2) is 7.25. The lowest BCUT2D eigenvalue weighted by molar-refractivity contribution is 0.103. The van der Waals surface area contributed by atoms with Crippen molar-refractivity contribution in [2.75, 3.05) is 11.9 Å². The molecule has 0 heterocycles. The van der Waals surface area contributed by atoms with Crippen LogP contribution in [0.3, 0.4) is 0 Å². The van der Waals surface area contributed by atoms with E-state index in [0.717, 1.165) is 11.1 Å². The molecule has 0 aliphatic heterocycles. The van der Waals surface area contributed by atoms with Crippen LogP contribution in [0.1, 0.15) is 22.8 Å². The molecule has 0 fully saturated rings. The maximum Gasteiger partial charge on any atom is 0.193 e. The Morgan fingerprint density at radius 1 is 1.05 bits per heavy atom. The molecule has 1 unspecified atom stereocenters. The monoisotopic (exact) mass is 332 g/mol. The molecule has 0 bridgehead atoms. The molecule has 0 N–H and O–H groups in total. The highest BCUT2D eigenvalue weighted by molar-refractivity contribution is 9.09. The fraction of sp³-hybridized carbons (Fsp3) is 0.235. The molecule has 2 rings (SSSR count). The van der Waals surface area contributed by atoms with Crippen molar-refractivity contribution >= 4 is 21.7 Å². The first-order chi connectivity index (χ1) is 9.70. The van der Waals surface area contributed by atoms with Gasteiger partial charge in [0.05, 0.1) is 6.61 Å². The molecule has 0 aliphatic carbocycles. The molecule has 3 heteroatoms. The minimum Gasteiger partial charge on any atom is -0.493 e. The normalized spacial score (nSPS) is 11.9. The highest BCUT2D eigenvalue weighted by atomic mass is 79.9. The summed E-state index contributed by atoms with van der Waals surface area (Å²) in [5.41, 5.74) is 1.38. The van der Waals surface area contributed by atoms with E-state index in [1.807, 2.05) is 54.6 Å². The van der Waals surface area contributed by atoms with Crippen LogP contribution in [0.15, 0.2) is 54.6 Å². The molecule has 0 amide bonds. The second-order valence-corrected chi connectivity index (χ2v) is 5.44. The lowest BCUT2D eigenvalue weighted by atomic mass is 10.0. The summed E-state index contributed by atoms with van der Waals surface area (Å²) in [5, 5.41) is 0.914. The Bertz CT molecular complexity index is 549. The fourth-order valence-corrected chi connectivity index (χ4v) is 1.93. The number of rotatable bonds is 6. The summed E-state index contributed by atoms with van der Waals surface area (Å²) >= 11 is 3.42. The molecule has 0 aliphatic rings. The van der Waals surface area contributed by atoms with Gasteiger partial charge >= 0.3 is 0 Å². The van der Waals surface area contributed by atoms with E-state index in [1.165, 1.54) is 0 Å². The average molecular weight is 333 g/mol. The Balaban J connectivity index is 2.03. The SMILES string of the molecule is CC(CBr)COc1ccc(C(=O)c2ccccc2)cc1.